The van der Waals surface area contributed by atoms with E-state index >= 15 is 0 Å². The van der Waals surface area contributed by atoms with Gasteiger partial charge in [0.25, 0.3) is 0 Å². The van der Waals surface area contributed by atoms with E-state index in [1.165, 1.54) is 6.07 Å². The first-order valence-electron chi connectivity index (χ1n) is 5.72. The molecule has 94 valence electrons. The van der Waals surface area contributed by atoms with Crippen molar-refractivity contribution in [3.05, 3.63) is 29.6 Å². The number of carbonyl (C=O) groups excluding carboxylic acids is 1. The predicted octanol–water partition coefficient (Wildman–Crippen LogP) is 2.30. The van der Waals surface area contributed by atoms with Crippen LogP contribution in [0.25, 0.3) is 0 Å². The van der Waals surface area contributed by atoms with Crippen molar-refractivity contribution in [2.75, 3.05) is 11.9 Å². The second-order valence-electron chi connectivity index (χ2n) is 4.54. The zero-order valence-electron chi connectivity index (χ0n) is 10.5. The average Bonchev–Trinajstić information content (AvgIpc) is 2.24. The van der Waals surface area contributed by atoms with Gasteiger partial charge in [0.15, 0.2) is 0 Å². The Morgan fingerprint density at radius 2 is 2.12 bits per heavy atom. The Hall–Kier alpha value is -1.42. The highest BCUT2D eigenvalue weighted by Gasteiger charge is 2.20. The first-order valence-corrected chi connectivity index (χ1v) is 5.72. The number of rotatable bonds is 4. The number of aryl methyl sites for hydroxylation is 1. The maximum Gasteiger partial charge on any atom is 0.229 e. The molecule has 0 spiro atoms. The lowest BCUT2D eigenvalue weighted by Gasteiger charge is -2.18. The summed E-state index contributed by atoms with van der Waals surface area (Å²) in [6.07, 6.45) is 0. The molecular formula is C13H19FN2O. The third-order valence-corrected chi connectivity index (χ3v) is 2.83. The smallest absolute Gasteiger partial charge is 0.229 e. The molecule has 1 atom stereocenters. The Labute approximate surface area is 101 Å². The molecule has 0 aliphatic carbocycles. The van der Waals surface area contributed by atoms with Crippen LogP contribution in [0.3, 0.4) is 0 Å². The van der Waals surface area contributed by atoms with Crippen LogP contribution in [0.4, 0.5) is 10.1 Å². The van der Waals surface area contributed by atoms with Gasteiger partial charge in [0.2, 0.25) is 5.91 Å². The Morgan fingerprint density at radius 1 is 1.47 bits per heavy atom. The van der Waals surface area contributed by atoms with Gasteiger partial charge in [0.05, 0.1) is 5.92 Å². The van der Waals surface area contributed by atoms with Crippen LogP contribution in [0.5, 0.6) is 0 Å². The average molecular weight is 238 g/mol. The Kier molecular flexibility index (Phi) is 4.63. The Bertz CT molecular complexity index is 404. The third-order valence-electron chi connectivity index (χ3n) is 2.83. The molecule has 3 nitrogen and oxygen atoms in total. The predicted molar refractivity (Wildman–Crippen MR) is 67.1 cm³/mol. The minimum atomic E-state index is -0.323. The van der Waals surface area contributed by atoms with Gasteiger partial charge in [-0.05, 0) is 30.5 Å². The van der Waals surface area contributed by atoms with Crippen molar-refractivity contribution < 1.29 is 9.18 Å². The summed E-state index contributed by atoms with van der Waals surface area (Å²) in [6.45, 7) is 5.84. The molecule has 0 saturated carbocycles. The van der Waals surface area contributed by atoms with E-state index in [4.69, 9.17) is 5.73 Å². The maximum atomic E-state index is 13.3. The summed E-state index contributed by atoms with van der Waals surface area (Å²) in [5.74, 6) is -0.572. The third kappa shape index (κ3) is 3.53. The monoisotopic (exact) mass is 238 g/mol. The summed E-state index contributed by atoms with van der Waals surface area (Å²) in [4.78, 5) is 11.9. The van der Waals surface area contributed by atoms with E-state index in [0.29, 0.717) is 11.3 Å². The largest absolute Gasteiger partial charge is 0.330 e. The van der Waals surface area contributed by atoms with E-state index in [1.54, 1.807) is 19.1 Å². The highest BCUT2D eigenvalue weighted by Crippen LogP contribution is 2.16. The summed E-state index contributed by atoms with van der Waals surface area (Å²) in [7, 11) is 0. The van der Waals surface area contributed by atoms with Gasteiger partial charge in [-0.1, -0.05) is 19.9 Å². The second kappa shape index (κ2) is 5.77. The normalized spacial score (nSPS) is 12.6. The van der Waals surface area contributed by atoms with Crippen molar-refractivity contribution >= 4 is 11.6 Å². The topological polar surface area (TPSA) is 55.1 Å². The fourth-order valence-corrected chi connectivity index (χ4v) is 1.59. The van der Waals surface area contributed by atoms with Crippen molar-refractivity contribution in [2.45, 2.75) is 20.8 Å². The van der Waals surface area contributed by atoms with Crippen LogP contribution in [0, 0.1) is 24.6 Å². The number of hydrogen-bond acceptors (Lipinski definition) is 2. The number of halogens is 1. The van der Waals surface area contributed by atoms with Gasteiger partial charge in [0, 0.05) is 12.2 Å². The molecule has 0 aliphatic rings. The fraction of sp³-hybridized carbons (Fsp3) is 0.462. The van der Waals surface area contributed by atoms with Gasteiger partial charge >= 0.3 is 0 Å². The zero-order chi connectivity index (χ0) is 13.0. The van der Waals surface area contributed by atoms with E-state index in [-0.39, 0.29) is 30.1 Å². The van der Waals surface area contributed by atoms with Crippen LogP contribution < -0.4 is 11.1 Å². The van der Waals surface area contributed by atoms with Crippen molar-refractivity contribution in [1.82, 2.24) is 0 Å². The summed E-state index contributed by atoms with van der Waals surface area (Å²) in [5, 5.41) is 2.68. The molecule has 0 aromatic heterocycles. The summed E-state index contributed by atoms with van der Waals surface area (Å²) < 4.78 is 13.3. The summed E-state index contributed by atoms with van der Waals surface area (Å²) in [6, 6.07) is 4.64. The number of nitrogens with two attached hydrogens (primary N) is 1. The minimum Gasteiger partial charge on any atom is -0.330 e. The highest BCUT2D eigenvalue weighted by atomic mass is 19.1. The van der Waals surface area contributed by atoms with Crippen molar-refractivity contribution in [3.63, 3.8) is 0 Å². The van der Waals surface area contributed by atoms with Gasteiger partial charge in [-0.3, -0.25) is 4.79 Å². The van der Waals surface area contributed by atoms with Crippen molar-refractivity contribution in [1.29, 1.82) is 0 Å². The van der Waals surface area contributed by atoms with Gasteiger partial charge in [-0.25, -0.2) is 4.39 Å². The molecule has 0 saturated heterocycles. The lowest BCUT2D eigenvalue weighted by Crippen LogP contribution is -2.33. The molecule has 3 N–H and O–H groups in total. The lowest BCUT2D eigenvalue weighted by molar-refractivity contribution is -0.120. The molecule has 1 unspecified atom stereocenters. The Balaban J connectivity index is 2.77. The lowest BCUT2D eigenvalue weighted by atomic mass is 9.95. The van der Waals surface area contributed by atoms with Crippen LogP contribution in [0.1, 0.15) is 19.4 Å². The van der Waals surface area contributed by atoms with E-state index in [9.17, 15) is 9.18 Å². The van der Waals surface area contributed by atoms with E-state index < -0.39 is 0 Å². The zero-order valence-corrected chi connectivity index (χ0v) is 10.5. The molecule has 4 heteroatoms. The molecule has 1 rings (SSSR count). The maximum absolute atomic E-state index is 13.3. The van der Waals surface area contributed by atoms with E-state index in [1.807, 2.05) is 13.8 Å². The molecule has 0 heterocycles. The molecule has 1 amide bonds. The molecular weight excluding hydrogens is 219 g/mol. The van der Waals surface area contributed by atoms with Crippen LogP contribution in [0.2, 0.25) is 0 Å². The molecule has 1 aromatic carbocycles. The van der Waals surface area contributed by atoms with E-state index in [0.717, 1.165) is 0 Å². The number of nitrogens with one attached hydrogen (secondary N) is 1. The highest BCUT2D eigenvalue weighted by molar-refractivity contribution is 5.92. The molecule has 0 radical (unpaired) electrons. The SMILES string of the molecule is Cc1ccc(NC(=O)C(CN)C(C)C)cc1F. The van der Waals surface area contributed by atoms with Gasteiger partial charge in [-0.2, -0.15) is 0 Å². The molecule has 0 bridgehead atoms. The number of anilines is 1. The number of benzene rings is 1. The molecule has 17 heavy (non-hydrogen) atoms. The van der Waals surface area contributed by atoms with Gasteiger partial charge in [0.1, 0.15) is 5.82 Å². The number of carbonyl (C=O) groups is 1. The molecule has 0 aliphatic heterocycles. The first kappa shape index (κ1) is 13.6. The van der Waals surface area contributed by atoms with Gasteiger partial charge < -0.3 is 11.1 Å². The van der Waals surface area contributed by atoms with Gasteiger partial charge in [-0.15, -0.1) is 0 Å². The first-order chi connectivity index (χ1) is 7.95. The van der Waals surface area contributed by atoms with E-state index in [2.05, 4.69) is 5.32 Å². The standard InChI is InChI=1S/C13H19FN2O/c1-8(2)11(7-15)13(17)16-10-5-4-9(3)12(14)6-10/h4-6,8,11H,7,15H2,1-3H3,(H,16,17). The van der Waals surface area contributed by atoms with Crippen LogP contribution in [-0.4, -0.2) is 12.5 Å². The molecule has 0 fully saturated rings. The Morgan fingerprint density at radius 3 is 2.59 bits per heavy atom. The van der Waals surface area contributed by atoms with Crippen molar-refractivity contribution in [2.24, 2.45) is 17.6 Å². The van der Waals surface area contributed by atoms with Crippen LogP contribution in [-0.2, 0) is 4.79 Å². The summed E-state index contributed by atoms with van der Waals surface area (Å²) >= 11 is 0. The quantitative estimate of drug-likeness (QED) is 0.845. The number of hydrogen-bond donors (Lipinski definition) is 2. The van der Waals surface area contributed by atoms with Crippen LogP contribution >= 0.6 is 0 Å². The second-order valence-corrected chi connectivity index (χ2v) is 4.54. The fourth-order valence-electron chi connectivity index (χ4n) is 1.59. The minimum absolute atomic E-state index is 0.161. The van der Waals surface area contributed by atoms with Crippen molar-refractivity contribution in [3.8, 4) is 0 Å². The molecule has 1 aromatic rings. The number of amides is 1. The summed E-state index contributed by atoms with van der Waals surface area (Å²) in [5.41, 5.74) is 6.57. The van der Waals surface area contributed by atoms with Crippen LogP contribution in [0.15, 0.2) is 18.2 Å².